The van der Waals surface area contributed by atoms with Crippen molar-refractivity contribution in [1.29, 1.82) is 0 Å². The molecule has 0 amide bonds. The van der Waals surface area contributed by atoms with Gasteiger partial charge in [-0.25, -0.2) is 0 Å². The maximum atomic E-state index is 10.4. The number of carboxylic acids is 1. The molecule has 18 heavy (non-hydrogen) atoms. The van der Waals surface area contributed by atoms with E-state index in [9.17, 15) is 9.90 Å². The van der Waals surface area contributed by atoms with E-state index < -0.39 is 5.97 Å². The van der Waals surface area contributed by atoms with Gasteiger partial charge in [0.1, 0.15) is 10.2 Å². The molecular formula is C12H15BrO5. The molecule has 0 saturated heterocycles. The second kappa shape index (κ2) is 6.49. The number of phenols is 1. The Morgan fingerprint density at radius 3 is 2.56 bits per heavy atom. The zero-order valence-electron chi connectivity index (χ0n) is 10.2. The van der Waals surface area contributed by atoms with Crippen LogP contribution in [0.15, 0.2) is 10.5 Å². The number of rotatable bonds is 6. The van der Waals surface area contributed by atoms with Crippen LogP contribution in [0, 0.1) is 0 Å². The summed E-state index contributed by atoms with van der Waals surface area (Å²) in [5, 5.41) is 18.5. The number of halogens is 1. The first-order chi connectivity index (χ1) is 8.51. The van der Waals surface area contributed by atoms with Gasteiger partial charge in [-0.05, 0) is 40.4 Å². The van der Waals surface area contributed by atoms with E-state index in [1.54, 1.807) is 6.07 Å². The maximum absolute atomic E-state index is 10.4. The zero-order chi connectivity index (χ0) is 13.7. The Kier molecular flexibility index (Phi) is 5.27. The van der Waals surface area contributed by atoms with Crippen LogP contribution in [0.4, 0.5) is 0 Å². The van der Waals surface area contributed by atoms with Crippen molar-refractivity contribution in [3.05, 3.63) is 16.1 Å². The third kappa shape index (κ3) is 3.29. The first kappa shape index (κ1) is 14.6. The number of benzene rings is 1. The normalized spacial score (nSPS) is 10.2. The van der Waals surface area contributed by atoms with Crippen molar-refractivity contribution in [3.63, 3.8) is 0 Å². The SMILES string of the molecule is COc1cc(CCCC(=O)O)c(O)c(Br)c1OC. The van der Waals surface area contributed by atoms with Crippen LogP contribution >= 0.6 is 15.9 Å². The van der Waals surface area contributed by atoms with Crippen LogP contribution in [0.1, 0.15) is 18.4 Å². The van der Waals surface area contributed by atoms with Gasteiger partial charge in [0.2, 0.25) is 0 Å². The molecule has 0 spiro atoms. The lowest BCUT2D eigenvalue weighted by Gasteiger charge is -2.14. The summed E-state index contributed by atoms with van der Waals surface area (Å²) < 4.78 is 10.7. The van der Waals surface area contributed by atoms with E-state index in [2.05, 4.69) is 15.9 Å². The van der Waals surface area contributed by atoms with Crippen molar-refractivity contribution >= 4 is 21.9 Å². The lowest BCUT2D eigenvalue weighted by Crippen LogP contribution is -1.98. The highest BCUT2D eigenvalue weighted by Crippen LogP contribution is 2.43. The molecular weight excluding hydrogens is 304 g/mol. The first-order valence-electron chi connectivity index (χ1n) is 5.35. The topological polar surface area (TPSA) is 76.0 Å². The molecule has 0 aromatic heterocycles. The second-order valence-electron chi connectivity index (χ2n) is 3.68. The minimum atomic E-state index is -0.853. The van der Waals surface area contributed by atoms with E-state index in [-0.39, 0.29) is 12.2 Å². The van der Waals surface area contributed by atoms with Crippen LogP contribution in [-0.4, -0.2) is 30.4 Å². The van der Waals surface area contributed by atoms with Crippen molar-refractivity contribution in [2.45, 2.75) is 19.3 Å². The Balaban J connectivity index is 2.98. The number of carboxylic acid groups (broad SMARTS) is 1. The number of methoxy groups -OCH3 is 2. The molecule has 0 saturated carbocycles. The van der Waals surface area contributed by atoms with Gasteiger partial charge >= 0.3 is 5.97 Å². The smallest absolute Gasteiger partial charge is 0.303 e. The number of hydrogen-bond acceptors (Lipinski definition) is 4. The number of aliphatic carboxylic acids is 1. The molecule has 2 N–H and O–H groups in total. The van der Waals surface area contributed by atoms with Crippen LogP contribution in [0.25, 0.3) is 0 Å². The van der Waals surface area contributed by atoms with E-state index in [1.165, 1.54) is 14.2 Å². The van der Waals surface area contributed by atoms with Crippen molar-refractivity contribution in [2.24, 2.45) is 0 Å². The molecule has 5 nitrogen and oxygen atoms in total. The van der Waals surface area contributed by atoms with Crippen molar-refractivity contribution in [2.75, 3.05) is 14.2 Å². The molecule has 1 aromatic rings. The first-order valence-corrected chi connectivity index (χ1v) is 6.14. The van der Waals surface area contributed by atoms with Gasteiger partial charge in [0.05, 0.1) is 14.2 Å². The zero-order valence-corrected chi connectivity index (χ0v) is 11.8. The Hall–Kier alpha value is -1.43. The molecule has 0 heterocycles. The molecule has 0 aliphatic rings. The Labute approximate surface area is 113 Å². The predicted octanol–water partition coefficient (Wildman–Crippen LogP) is 2.58. The number of ether oxygens (including phenoxy) is 2. The Morgan fingerprint density at radius 2 is 2.06 bits per heavy atom. The quantitative estimate of drug-likeness (QED) is 0.843. The molecule has 0 bridgehead atoms. The van der Waals surface area contributed by atoms with Crippen LogP contribution < -0.4 is 9.47 Å². The molecule has 0 aliphatic heterocycles. The van der Waals surface area contributed by atoms with Gasteiger partial charge in [-0.3, -0.25) is 4.79 Å². The van der Waals surface area contributed by atoms with Gasteiger partial charge in [-0.2, -0.15) is 0 Å². The third-order valence-corrected chi connectivity index (χ3v) is 3.24. The maximum Gasteiger partial charge on any atom is 0.303 e. The molecule has 1 aromatic carbocycles. The van der Waals surface area contributed by atoms with Crippen molar-refractivity contribution in [3.8, 4) is 17.2 Å². The molecule has 0 fully saturated rings. The average molecular weight is 319 g/mol. The molecule has 100 valence electrons. The monoisotopic (exact) mass is 318 g/mol. The number of aromatic hydroxyl groups is 1. The summed E-state index contributed by atoms with van der Waals surface area (Å²) in [7, 11) is 2.98. The number of hydrogen-bond donors (Lipinski definition) is 2. The minimum absolute atomic E-state index is 0.0537. The molecule has 0 aliphatic carbocycles. The molecule has 6 heteroatoms. The minimum Gasteiger partial charge on any atom is -0.506 e. The Bertz CT molecular complexity index is 445. The predicted molar refractivity (Wildman–Crippen MR) is 69.5 cm³/mol. The summed E-state index contributed by atoms with van der Waals surface area (Å²) in [6.45, 7) is 0. The van der Waals surface area contributed by atoms with E-state index in [0.29, 0.717) is 34.4 Å². The van der Waals surface area contributed by atoms with Gasteiger partial charge in [0.25, 0.3) is 0 Å². The Morgan fingerprint density at radius 1 is 1.39 bits per heavy atom. The van der Waals surface area contributed by atoms with Crippen LogP contribution in [0.2, 0.25) is 0 Å². The van der Waals surface area contributed by atoms with E-state index >= 15 is 0 Å². The van der Waals surface area contributed by atoms with Gasteiger partial charge in [0.15, 0.2) is 11.5 Å². The third-order valence-electron chi connectivity index (χ3n) is 2.50. The highest BCUT2D eigenvalue weighted by molar-refractivity contribution is 9.10. The molecule has 1 rings (SSSR count). The van der Waals surface area contributed by atoms with Gasteiger partial charge < -0.3 is 19.7 Å². The fraction of sp³-hybridized carbons (Fsp3) is 0.417. The number of aryl methyl sites for hydroxylation is 1. The summed E-state index contributed by atoms with van der Waals surface area (Å²) in [6, 6.07) is 1.65. The van der Waals surface area contributed by atoms with E-state index in [0.717, 1.165) is 0 Å². The average Bonchev–Trinajstić information content (AvgIpc) is 2.33. The summed E-state index contributed by atoms with van der Waals surface area (Å²) >= 11 is 3.23. The number of carbonyl (C=O) groups is 1. The van der Waals surface area contributed by atoms with E-state index in [4.69, 9.17) is 14.6 Å². The summed E-state index contributed by atoms with van der Waals surface area (Å²) in [5.74, 6) is 0.108. The van der Waals surface area contributed by atoms with Gasteiger partial charge in [-0.15, -0.1) is 0 Å². The summed E-state index contributed by atoms with van der Waals surface area (Å²) in [5.41, 5.74) is 0.626. The second-order valence-corrected chi connectivity index (χ2v) is 4.47. The van der Waals surface area contributed by atoms with Crippen LogP contribution in [0.5, 0.6) is 17.2 Å². The van der Waals surface area contributed by atoms with Gasteiger partial charge in [0, 0.05) is 6.42 Å². The van der Waals surface area contributed by atoms with E-state index in [1.807, 2.05) is 0 Å². The van der Waals surface area contributed by atoms with Crippen molar-refractivity contribution < 1.29 is 24.5 Å². The van der Waals surface area contributed by atoms with Crippen molar-refractivity contribution in [1.82, 2.24) is 0 Å². The molecule has 0 unspecified atom stereocenters. The fourth-order valence-electron chi connectivity index (χ4n) is 1.61. The van der Waals surface area contributed by atoms with Crippen LogP contribution in [-0.2, 0) is 11.2 Å². The van der Waals surface area contributed by atoms with Crippen LogP contribution in [0.3, 0.4) is 0 Å². The highest BCUT2D eigenvalue weighted by atomic mass is 79.9. The standard InChI is InChI=1S/C12H15BrO5/c1-17-8-6-7(4-3-5-9(14)15)11(16)10(13)12(8)18-2/h6,16H,3-5H2,1-2H3,(H,14,15). The lowest BCUT2D eigenvalue weighted by atomic mass is 10.1. The molecule has 0 atom stereocenters. The molecule has 0 radical (unpaired) electrons. The summed E-state index contributed by atoms with van der Waals surface area (Å²) in [6.07, 6.45) is 0.966. The van der Waals surface area contributed by atoms with Gasteiger partial charge in [-0.1, -0.05) is 0 Å². The summed E-state index contributed by atoms with van der Waals surface area (Å²) in [4.78, 5) is 10.4. The largest absolute Gasteiger partial charge is 0.506 e. The fourth-order valence-corrected chi connectivity index (χ4v) is 2.22. The lowest BCUT2D eigenvalue weighted by molar-refractivity contribution is -0.137. The number of phenolic OH excluding ortho intramolecular Hbond substituents is 1. The highest BCUT2D eigenvalue weighted by Gasteiger charge is 2.17.